The number of hydrogen-bond acceptors (Lipinski definition) is 5. The lowest BCUT2D eigenvalue weighted by Crippen LogP contribution is -2.13. The van der Waals surface area contributed by atoms with E-state index in [4.69, 9.17) is 11.6 Å². The van der Waals surface area contributed by atoms with Gasteiger partial charge in [-0.25, -0.2) is 9.37 Å². The van der Waals surface area contributed by atoms with Crippen molar-refractivity contribution in [3.8, 4) is 0 Å². The van der Waals surface area contributed by atoms with E-state index in [-0.39, 0.29) is 10.8 Å². The molecule has 0 aliphatic heterocycles. The molecule has 0 amide bonds. The zero-order chi connectivity index (χ0) is 17.5. The molecule has 0 aliphatic carbocycles. The van der Waals surface area contributed by atoms with Crippen LogP contribution in [-0.2, 0) is 4.57 Å². The van der Waals surface area contributed by atoms with Gasteiger partial charge in [-0.05, 0) is 46.9 Å². The highest BCUT2D eigenvalue weighted by molar-refractivity contribution is 9.10. The Hall–Kier alpha value is -1.56. The molecule has 24 heavy (non-hydrogen) atoms. The molecule has 0 saturated carbocycles. The van der Waals surface area contributed by atoms with E-state index in [1.54, 1.807) is 25.5 Å². The summed E-state index contributed by atoms with van der Waals surface area (Å²) in [6.07, 6.45) is 2.98. The summed E-state index contributed by atoms with van der Waals surface area (Å²) in [4.78, 5) is 12.0. The van der Waals surface area contributed by atoms with Gasteiger partial charge in [0.25, 0.3) is 0 Å². The van der Waals surface area contributed by atoms with Crippen LogP contribution in [0.4, 0.5) is 15.9 Å². The molecular formula is C15H12BrClFN4OP. The molecule has 1 aromatic carbocycles. The number of halogens is 3. The van der Waals surface area contributed by atoms with Gasteiger partial charge in [0.15, 0.2) is 5.82 Å². The topological polar surface area (TPSA) is 67.8 Å². The number of benzene rings is 1. The number of nitrogens with zero attached hydrogens (tertiary/aromatic N) is 3. The number of anilines is 2. The minimum absolute atomic E-state index is 0.0429. The number of aromatic nitrogens is 3. The van der Waals surface area contributed by atoms with Gasteiger partial charge in [0.05, 0.1) is 10.2 Å². The number of fused-ring (bicyclic) bond motifs is 1. The van der Waals surface area contributed by atoms with Crippen LogP contribution in [0.3, 0.4) is 0 Å². The van der Waals surface area contributed by atoms with E-state index in [1.807, 2.05) is 0 Å². The molecule has 0 spiro atoms. The molecule has 3 rings (SSSR count). The van der Waals surface area contributed by atoms with Crippen LogP contribution in [0.5, 0.6) is 0 Å². The monoisotopic (exact) mass is 428 g/mol. The normalized spacial score (nSPS) is 11.7. The molecule has 0 saturated heterocycles. The molecule has 1 N–H and O–H groups in total. The van der Waals surface area contributed by atoms with E-state index in [2.05, 4.69) is 36.2 Å². The standard InChI is InChI=1S/C15H12BrClFN4OP/c1-24(2,23)13-8-4-3-5-19-12(8)10(18)6-11(13)21-14-9(16)7-20-15(17)22-14/h3-7H,1-2H3,(H,20,21,22). The van der Waals surface area contributed by atoms with Gasteiger partial charge in [-0.3, -0.25) is 4.98 Å². The van der Waals surface area contributed by atoms with Crippen LogP contribution in [0.1, 0.15) is 0 Å². The fraction of sp³-hybridized carbons (Fsp3) is 0.133. The van der Waals surface area contributed by atoms with Gasteiger partial charge in [0.1, 0.15) is 18.5 Å². The van der Waals surface area contributed by atoms with E-state index in [0.29, 0.717) is 26.7 Å². The lowest BCUT2D eigenvalue weighted by atomic mass is 10.2. The zero-order valence-corrected chi connectivity index (χ0v) is 16.0. The predicted molar refractivity (Wildman–Crippen MR) is 98.8 cm³/mol. The maximum atomic E-state index is 14.4. The molecule has 0 bridgehead atoms. The average Bonchev–Trinajstić information content (AvgIpc) is 2.50. The molecule has 0 fully saturated rings. The van der Waals surface area contributed by atoms with Gasteiger partial charge in [0.2, 0.25) is 5.28 Å². The lowest BCUT2D eigenvalue weighted by molar-refractivity contribution is 0.588. The highest BCUT2D eigenvalue weighted by Gasteiger charge is 2.23. The minimum atomic E-state index is -2.75. The van der Waals surface area contributed by atoms with Crippen LogP contribution >= 0.6 is 34.7 Å². The molecule has 2 aromatic heterocycles. The van der Waals surface area contributed by atoms with Crippen molar-refractivity contribution in [2.24, 2.45) is 0 Å². The summed E-state index contributed by atoms with van der Waals surface area (Å²) in [5.41, 5.74) is 0.540. The summed E-state index contributed by atoms with van der Waals surface area (Å²) >= 11 is 9.13. The summed E-state index contributed by atoms with van der Waals surface area (Å²) in [6.45, 7) is 3.25. The fourth-order valence-corrected chi connectivity index (χ4v) is 4.32. The Balaban J connectivity index is 2.28. The molecule has 9 heteroatoms. The maximum Gasteiger partial charge on any atom is 0.224 e. The van der Waals surface area contributed by atoms with Gasteiger partial charge in [-0.15, -0.1) is 0 Å². The number of pyridine rings is 1. The van der Waals surface area contributed by atoms with E-state index in [0.717, 1.165) is 0 Å². The Kier molecular flexibility index (Phi) is 4.60. The second-order valence-electron chi connectivity index (χ2n) is 5.47. The Bertz CT molecular complexity index is 995. The third-order valence-electron chi connectivity index (χ3n) is 3.32. The molecule has 5 nitrogen and oxygen atoms in total. The molecular weight excluding hydrogens is 418 g/mol. The molecule has 3 aromatic rings. The van der Waals surface area contributed by atoms with Crippen LogP contribution in [-0.4, -0.2) is 28.3 Å². The van der Waals surface area contributed by atoms with Gasteiger partial charge < -0.3 is 9.88 Å². The van der Waals surface area contributed by atoms with Crippen LogP contribution in [0.2, 0.25) is 5.28 Å². The minimum Gasteiger partial charge on any atom is -0.338 e. The van der Waals surface area contributed by atoms with Gasteiger partial charge >= 0.3 is 0 Å². The SMILES string of the molecule is CP(C)(=O)c1c(Nc2nc(Cl)ncc2Br)cc(F)c2ncccc12. The summed E-state index contributed by atoms with van der Waals surface area (Å²) in [6, 6.07) is 4.66. The number of rotatable bonds is 3. The predicted octanol–water partition coefficient (Wildman–Crippen LogP) is 4.57. The smallest absolute Gasteiger partial charge is 0.224 e. The van der Waals surface area contributed by atoms with Crippen molar-refractivity contribution in [3.63, 3.8) is 0 Å². The molecule has 124 valence electrons. The quantitative estimate of drug-likeness (QED) is 0.488. The van der Waals surface area contributed by atoms with E-state index >= 15 is 0 Å². The first-order valence-corrected chi connectivity index (χ1v) is 10.6. The van der Waals surface area contributed by atoms with Crippen molar-refractivity contribution in [1.82, 2.24) is 15.0 Å². The molecule has 0 radical (unpaired) electrons. The summed E-state index contributed by atoms with van der Waals surface area (Å²) in [7, 11) is -2.75. The van der Waals surface area contributed by atoms with E-state index in [1.165, 1.54) is 18.5 Å². The third kappa shape index (κ3) is 3.29. The lowest BCUT2D eigenvalue weighted by Gasteiger charge is -2.18. The highest BCUT2D eigenvalue weighted by Crippen LogP contribution is 2.42. The zero-order valence-electron chi connectivity index (χ0n) is 12.7. The van der Waals surface area contributed by atoms with Crippen LogP contribution in [0.15, 0.2) is 35.1 Å². The Morgan fingerprint density at radius 2 is 2.08 bits per heavy atom. The first-order valence-electron chi connectivity index (χ1n) is 6.85. The second kappa shape index (κ2) is 6.39. The van der Waals surface area contributed by atoms with Gasteiger partial charge in [-0.2, -0.15) is 4.98 Å². The highest BCUT2D eigenvalue weighted by atomic mass is 79.9. The number of hydrogen-bond donors (Lipinski definition) is 1. The molecule has 2 heterocycles. The Morgan fingerprint density at radius 3 is 2.79 bits per heavy atom. The number of nitrogens with one attached hydrogen (secondary N) is 1. The molecule has 0 atom stereocenters. The van der Waals surface area contributed by atoms with Crippen molar-refractivity contribution in [2.45, 2.75) is 0 Å². The first kappa shape index (κ1) is 17.3. The van der Waals surface area contributed by atoms with Crippen molar-refractivity contribution >= 4 is 62.4 Å². The second-order valence-corrected chi connectivity index (χ2v) is 9.81. The largest absolute Gasteiger partial charge is 0.338 e. The van der Waals surface area contributed by atoms with E-state index < -0.39 is 13.0 Å². The fourth-order valence-electron chi connectivity index (χ4n) is 2.43. The Morgan fingerprint density at radius 1 is 1.33 bits per heavy atom. The van der Waals surface area contributed by atoms with Crippen molar-refractivity contribution in [2.75, 3.05) is 18.6 Å². The van der Waals surface area contributed by atoms with Gasteiger partial charge in [0, 0.05) is 29.2 Å². The van der Waals surface area contributed by atoms with Crippen molar-refractivity contribution < 1.29 is 8.96 Å². The summed E-state index contributed by atoms with van der Waals surface area (Å²) in [5.74, 6) is -0.158. The van der Waals surface area contributed by atoms with Crippen LogP contribution < -0.4 is 10.6 Å². The Labute approximate surface area is 151 Å². The summed E-state index contributed by atoms with van der Waals surface area (Å²) in [5, 5.41) is 4.05. The van der Waals surface area contributed by atoms with E-state index in [9.17, 15) is 8.96 Å². The molecule has 0 aliphatic rings. The van der Waals surface area contributed by atoms with Crippen LogP contribution in [0, 0.1) is 5.82 Å². The first-order chi connectivity index (χ1) is 11.3. The molecule has 0 unspecified atom stereocenters. The summed E-state index contributed by atoms with van der Waals surface area (Å²) < 4.78 is 27.8. The average molecular weight is 430 g/mol. The maximum absolute atomic E-state index is 14.4. The van der Waals surface area contributed by atoms with Gasteiger partial charge in [-0.1, -0.05) is 6.07 Å². The third-order valence-corrected chi connectivity index (χ3v) is 5.64. The van der Waals surface area contributed by atoms with Crippen molar-refractivity contribution in [3.05, 3.63) is 46.2 Å². The van der Waals surface area contributed by atoms with Crippen molar-refractivity contribution in [1.29, 1.82) is 0 Å². The van der Waals surface area contributed by atoms with Crippen LogP contribution in [0.25, 0.3) is 10.9 Å².